The predicted molar refractivity (Wildman–Crippen MR) is 127 cm³/mol. The number of carbonyl (C=O) groups excluding carboxylic acids is 1. The molecule has 4 rings (SSSR count). The summed E-state index contributed by atoms with van der Waals surface area (Å²) in [6.07, 6.45) is 7.25. The van der Waals surface area contributed by atoms with Gasteiger partial charge in [0.25, 0.3) is 5.91 Å². The Morgan fingerprint density at radius 2 is 2.00 bits per heavy atom. The minimum Gasteiger partial charge on any atom is -0.385 e. The maximum absolute atomic E-state index is 13.8. The SMILES string of the molecule is COCCCN(CC1CCCN2CCCCC12)C(=O)c1sc(C)nc1-c1ccccc1. The Hall–Kier alpha value is -1.76. The average Bonchev–Trinajstić information content (AvgIpc) is 3.20. The lowest BCUT2D eigenvalue weighted by Crippen LogP contribution is -2.51. The summed E-state index contributed by atoms with van der Waals surface area (Å²) in [7, 11) is 1.73. The fourth-order valence-electron chi connectivity index (χ4n) is 5.26. The first-order valence-electron chi connectivity index (χ1n) is 11.7. The van der Waals surface area contributed by atoms with Gasteiger partial charge in [0.2, 0.25) is 0 Å². The number of thiazole rings is 1. The molecule has 2 saturated heterocycles. The van der Waals surface area contributed by atoms with Crippen molar-refractivity contribution in [2.75, 3.05) is 39.9 Å². The Kier molecular flexibility index (Phi) is 7.75. The van der Waals surface area contributed by atoms with Crippen LogP contribution in [0.5, 0.6) is 0 Å². The van der Waals surface area contributed by atoms with Crippen molar-refractivity contribution >= 4 is 17.2 Å². The van der Waals surface area contributed by atoms with Crippen LogP contribution in [0.15, 0.2) is 30.3 Å². The van der Waals surface area contributed by atoms with Gasteiger partial charge >= 0.3 is 0 Å². The molecule has 1 amide bonds. The number of aromatic nitrogens is 1. The molecule has 0 spiro atoms. The molecule has 168 valence electrons. The van der Waals surface area contributed by atoms with Crippen LogP contribution in [0.2, 0.25) is 0 Å². The minimum absolute atomic E-state index is 0.133. The Labute approximate surface area is 190 Å². The second-order valence-corrected chi connectivity index (χ2v) is 10.1. The van der Waals surface area contributed by atoms with E-state index >= 15 is 0 Å². The van der Waals surface area contributed by atoms with Gasteiger partial charge in [0, 0.05) is 38.4 Å². The zero-order chi connectivity index (χ0) is 21.6. The van der Waals surface area contributed by atoms with Crippen LogP contribution in [0, 0.1) is 12.8 Å². The first-order valence-corrected chi connectivity index (χ1v) is 12.5. The van der Waals surface area contributed by atoms with Gasteiger partial charge in [-0.1, -0.05) is 36.8 Å². The molecule has 2 aliphatic rings. The van der Waals surface area contributed by atoms with Crippen LogP contribution < -0.4 is 0 Å². The lowest BCUT2D eigenvalue weighted by molar-refractivity contribution is 0.0349. The van der Waals surface area contributed by atoms with Crippen LogP contribution in [-0.4, -0.2) is 66.6 Å². The van der Waals surface area contributed by atoms with Gasteiger partial charge in [-0.3, -0.25) is 4.79 Å². The number of nitrogens with zero attached hydrogens (tertiary/aromatic N) is 3. The van der Waals surface area contributed by atoms with Gasteiger partial charge in [-0.25, -0.2) is 4.98 Å². The van der Waals surface area contributed by atoms with Crippen LogP contribution in [0.3, 0.4) is 0 Å². The molecule has 0 bridgehead atoms. The molecular formula is C25H35N3O2S. The number of rotatable bonds is 8. The number of aryl methyl sites for hydroxylation is 1. The van der Waals surface area contributed by atoms with E-state index in [2.05, 4.69) is 9.80 Å². The monoisotopic (exact) mass is 441 g/mol. The van der Waals surface area contributed by atoms with E-state index in [1.165, 1.54) is 56.5 Å². The fourth-order valence-corrected chi connectivity index (χ4v) is 6.16. The average molecular weight is 442 g/mol. The standard InChI is InChI=1S/C25H35N3O2S/c1-19-26-23(20-10-4-3-5-11-20)24(31-19)25(29)28(16-9-17-30-2)18-21-12-8-15-27-14-7-6-13-22(21)27/h3-5,10-11,21-22H,6-9,12-18H2,1-2H3. The largest absolute Gasteiger partial charge is 0.385 e. The van der Waals surface area contributed by atoms with Crippen LogP contribution in [0.25, 0.3) is 11.3 Å². The highest BCUT2D eigenvalue weighted by atomic mass is 32.1. The number of carbonyl (C=O) groups is 1. The number of ether oxygens (including phenoxy) is 1. The van der Waals surface area contributed by atoms with Crippen LogP contribution in [0.1, 0.15) is 53.2 Å². The summed E-state index contributed by atoms with van der Waals surface area (Å²) >= 11 is 1.53. The Morgan fingerprint density at radius 3 is 2.81 bits per heavy atom. The zero-order valence-electron chi connectivity index (χ0n) is 18.9. The van der Waals surface area contributed by atoms with Crippen LogP contribution >= 0.6 is 11.3 Å². The van der Waals surface area contributed by atoms with E-state index in [1.54, 1.807) is 7.11 Å². The molecular weight excluding hydrogens is 406 g/mol. The van der Waals surface area contributed by atoms with Gasteiger partial charge in [0.15, 0.2) is 0 Å². The summed E-state index contributed by atoms with van der Waals surface area (Å²) < 4.78 is 5.29. The molecule has 31 heavy (non-hydrogen) atoms. The zero-order valence-corrected chi connectivity index (χ0v) is 19.7. The van der Waals surface area contributed by atoms with Gasteiger partial charge in [0.1, 0.15) is 4.88 Å². The van der Waals surface area contributed by atoms with E-state index in [0.717, 1.165) is 40.7 Å². The summed E-state index contributed by atoms with van der Waals surface area (Å²) in [4.78, 5) is 24.1. The first kappa shape index (κ1) is 22.4. The van der Waals surface area contributed by atoms with E-state index in [9.17, 15) is 4.79 Å². The van der Waals surface area contributed by atoms with E-state index in [0.29, 0.717) is 18.6 Å². The second kappa shape index (κ2) is 10.7. The van der Waals surface area contributed by atoms with Gasteiger partial charge in [-0.2, -0.15) is 0 Å². The van der Waals surface area contributed by atoms with Crippen molar-refractivity contribution in [2.24, 2.45) is 5.92 Å². The summed E-state index contributed by atoms with van der Waals surface area (Å²) in [5.41, 5.74) is 1.84. The molecule has 6 heteroatoms. The molecule has 2 fully saturated rings. The van der Waals surface area contributed by atoms with E-state index in [1.807, 2.05) is 37.3 Å². The van der Waals surface area contributed by atoms with Crippen LogP contribution in [-0.2, 0) is 4.74 Å². The Bertz CT molecular complexity index is 852. The van der Waals surface area contributed by atoms with Crippen molar-refractivity contribution in [3.05, 3.63) is 40.2 Å². The van der Waals surface area contributed by atoms with Gasteiger partial charge in [-0.15, -0.1) is 11.3 Å². The third-order valence-corrected chi connectivity index (χ3v) is 7.68. The highest BCUT2D eigenvalue weighted by Crippen LogP contribution is 2.33. The number of piperidine rings is 2. The van der Waals surface area contributed by atoms with Gasteiger partial charge in [-0.05, 0) is 58.0 Å². The summed E-state index contributed by atoms with van der Waals surface area (Å²) in [6.45, 7) is 6.70. The molecule has 2 atom stereocenters. The third-order valence-electron chi connectivity index (χ3n) is 6.72. The van der Waals surface area contributed by atoms with E-state index in [4.69, 9.17) is 9.72 Å². The number of fused-ring (bicyclic) bond motifs is 1. The molecule has 0 saturated carbocycles. The molecule has 3 heterocycles. The van der Waals surface area contributed by atoms with E-state index < -0.39 is 0 Å². The number of hydrogen-bond donors (Lipinski definition) is 0. The molecule has 5 nitrogen and oxygen atoms in total. The van der Waals surface area contributed by atoms with Crippen molar-refractivity contribution in [2.45, 2.75) is 51.5 Å². The number of amides is 1. The summed E-state index contributed by atoms with van der Waals surface area (Å²) in [5.74, 6) is 0.697. The van der Waals surface area contributed by atoms with Crippen molar-refractivity contribution in [1.29, 1.82) is 0 Å². The molecule has 1 aromatic carbocycles. The topological polar surface area (TPSA) is 45.7 Å². The van der Waals surface area contributed by atoms with Crippen molar-refractivity contribution in [3.63, 3.8) is 0 Å². The fraction of sp³-hybridized carbons (Fsp3) is 0.600. The summed E-state index contributed by atoms with van der Waals surface area (Å²) in [6, 6.07) is 10.7. The molecule has 1 aromatic heterocycles. The van der Waals surface area contributed by atoms with Crippen molar-refractivity contribution in [3.8, 4) is 11.3 Å². The normalized spacial score (nSPS) is 21.6. The molecule has 2 unspecified atom stereocenters. The number of methoxy groups -OCH3 is 1. The first-order chi connectivity index (χ1) is 15.2. The summed E-state index contributed by atoms with van der Waals surface area (Å²) in [5, 5.41) is 0.940. The van der Waals surface area contributed by atoms with Crippen molar-refractivity contribution < 1.29 is 9.53 Å². The van der Waals surface area contributed by atoms with Crippen molar-refractivity contribution in [1.82, 2.24) is 14.8 Å². The lowest BCUT2D eigenvalue weighted by atomic mass is 9.83. The Balaban J connectivity index is 1.57. The van der Waals surface area contributed by atoms with Crippen LogP contribution in [0.4, 0.5) is 0 Å². The number of benzene rings is 1. The van der Waals surface area contributed by atoms with E-state index in [-0.39, 0.29) is 5.91 Å². The Morgan fingerprint density at radius 1 is 1.19 bits per heavy atom. The molecule has 0 aliphatic carbocycles. The molecule has 0 radical (unpaired) electrons. The smallest absolute Gasteiger partial charge is 0.266 e. The molecule has 0 N–H and O–H groups in total. The highest BCUT2D eigenvalue weighted by Gasteiger charge is 2.35. The number of hydrogen-bond acceptors (Lipinski definition) is 5. The quantitative estimate of drug-likeness (QED) is 0.549. The predicted octanol–water partition coefficient (Wildman–Crippen LogP) is 4.86. The maximum atomic E-state index is 13.8. The molecule has 2 aromatic rings. The van der Waals surface area contributed by atoms with Gasteiger partial charge in [0.05, 0.1) is 10.7 Å². The second-order valence-electron chi connectivity index (χ2n) is 8.88. The maximum Gasteiger partial charge on any atom is 0.266 e. The lowest BCUT2D eigenvalue weighted by Gasteiger charge is -2.45. The minimum atomic E-state index is 0.133. The third kappa shape index (κ3) is 5.36. The van der Waals surface area contributed by atoms with Gasteiger partial charge < -0.3 is 14.5 Å². The molecule has 2 aliphatic heterocycles. The highest BCUT2D eigenvalue weighted by molar-refractivity contribution is 7.14.